The highest BCUT2D eigenvalue weighted by Gasteiger charge is 2.29. The van der Waals surface area contributed by atoms with Crippen molar-refractivity contribution in [2.75, 3.05) is 75.4 Å². The maximum absolute atomic E-state index is 12.2. The van der Waals surface area contributed by atoms with Gasteiger partial charge in [-0.1, -0.05) is 23.2 Å². The van der Waals surface area contributed by atoms with E-state index in [2.05, 4.69) is 9.97 Å². The van der Waals surface area contributed by atoms with Crippen molar-refractivity contribution >= 4 is 59.0 Å². The Kier molecular flexibility index (Phi) is 14.8. The van der Waals surface area contributed by atoms with Gasteiger partial charge in [0.2, 0.25) is 0 Å². The molecule has 4 rings (SSSR count). The van der Waals surface area contributed by atoms with Crippen LogP contribution in [0.3, 0.4) is 0 Å². The van der Waals surface area contributed by atoms with Crippen molar-refractivity contribution in [2.24, 2.45) is 0 Å². The molecule has 0 spiro atoms. The minimum Gasteiger partial charge on any atom is -0.462 e. The fourth-order valence-corrected chi connectivity index (χ4v) is 5.69. The quantitative estimate of drug-likeness (QED) is 0.179. The van der Waals surface area contributed by atoms with Gasteiger partial charge in [0, 0.05) is 63.5 Å². The Labute approximate surface area is 316 Å². The van der Waals surface area contributed by atoms with Crippen LogP contribution in [0.2, 0.25) is 10.3 Å². The third-order valence-corrected chi connectivity index (χ3v) is 8.45. The Morgan fingerprint density at radius 1 is 0.654 bits per heavy atom. The number of piperazine rings is 2. The van der Waals surface area contributed by atoms with Gasteiger partial charge in [-0.2, -0.15) is 0 Å². The average Bonchev–Trinajstić information content (AvgIpc) is 3.06. The molecule has 2 amide bonds. The molecule has 2 fully saturated rings. The van der Waals surface area contributed by atoms with Crippen molar-refractivity contribution in [1.82, 2.24) is 19.8 Å². The largest absolute Gasteiger partial charge is 0.462 e. The van der Waals surface area contributed by atoms with Gasteiger partial charge in [0.05, 0.1) is 24.3 Å². The number of ether oxygens (including phenoxy) is 4. The Bertz CT molecular complexity index is 1580. The van der Waals surface area contributed by atoms with Gasteiger partial charge in [0.1, 0.15) is 33.1 Å². The van der Waals surface area contributed by atoms with Crippen molar-refractivity contribution in [3.8, 4) is 0 Å². The van der Waals surface area contributed by atoms with E-state index in [0.717, 1.165) is 5.56 Å². The molecule has 0 unspecified atom stereocenters. The molecule has 2 aliphatic heterocycles. The summed E-state index contributed by atoms with van der Waals surface area (Å²) in [5.74, 6) is 0.419. The number of hydrogen-bond donors (Lipinski definition) is 0. The van der Waals surface area contributed by atoms with Crippen LogP contribution in [0.1, 0.15) is 87.2 Å². The lowest BCUT2D eigenvalue weighted by molar-refractivity contribution is 0.0230. The summed E-state index contributed by atoms with van der Waals surface area (Å²) in [6, 6.07) is 3.22. The van der Waals surface area contributed by atoms with E-state index in [1.54, 1.807) is 36.6 Å². The molecule has 2 aromatic heterocycles. The first-order valence-corrected chi connectivity index (χ1v) is 18.1. The highest BCUT2D eigenvalue weighted by Crippen LogP contribution is 2.27. The summed E-state index contributed by atoms with van der Waals surface area (Å²) in [5, 5.41) is 0.517. The van der Waals surface area contributed by atoms with Crippen LogP contribution in [0.4, 0.5) is 21.2 Å². The standard InChI is InChI=1S/2C18H26ClN3O4/c1-6-25-16(23)13-11-14(20-15(19)12(13)2)21-7-9-22(10-8-21)17(24)26-18(3,4)5;1-6-25-16(23)13-11-14(19)20-15(12(13)2)21-7-9-22(10-8-21)17(24)26-18(3,4)5/h2*11H,6-10H2,1-5H3. The Morgan fingerprint density at radius 3 is 1.50 bits per heavy atom. The maximum atomic E-state index is 12.2. The second kappa shape index (κ2) is 18.1. The SMILES string of the molecule is CCOC(=O)c1cc(Cl)nc(N2CCN(C(=O)OC(C)(C)C)CC2)c1C.CCOC(=O)c1cc(N2CCN(C(=O)OC(C)(C)C)CC2)nc(Cl)c1C. The predicted molar refractivity (Wildman–Crippen MR) is 200 cm³/mol. The molecule has 0 bridgehead atoms. The van der Waals surface area contributed by atoms with Crippen LogP contribution in [0.5, 0.6) is 0 Å². The molecule has 2 saturated heterocycles. The lowest BCUT2D eigenvalue weighted by atomic mass is 10.1. The predicted octanol–water partition coefficient (Wildman–Crippen LogP) is 6.55. The van der Waals surface area contributed by atoms with Gasteiger partial charge in [-0.05, 0) is 81.4 Å². The molecule has 0 radical (unpaired) electrons. The van der Waals surface area contributed by atoms with E-state index in [0.29, 0.717) is 93.9 Å². The van der Waals surface area contributed by atoms with E-state index in [4.69, 9.17) is 42.1 Å². The number of aromatic nitrogens is 2. The van der Waals surface area contributed by atoms with Crippen LogP contribution >= 0.6 is 23.2 Å². The van der Waals surface area contributed by atoms with Gasteiger partial charge < -0.3 is 38.5 Å². The summed E-state index contributed by atoms with van der Waals surface area (Å²) in [5.41, 5.74) is 1.11. The van der Waals surface area contributed by atoms with E-state index < -0.39 is 23.1 Å². The summed E-state index contributed by atoms with van der Waals surface area (Å²) >= 11 is 12.3. The zero-order valence-electron chi connectivity index (χ0n) is 31.9. The summed E-state index contributed by atoms with van der Waals surface area (Å²) in [6.07, 6.45) is -0.639. The van der Waals surface area contributed by atoms with E-state index in [-0.39, 0.29) is 22.5 Å². The Hall–Kier alpha value is -4.04. The van der Waals surface area contributed by atoms with Crippen LogP contribution < -0.4 is 9.80 Å². The molecule has 0 saturated carbocycles. The molecule has 2 aromatic rings. The molecular formula is C36H52Cl2N6O8. The molecule has 2 aliphatic rings. The van der Waals surface area contributed by atoms with Crippen molar-refractivity contribution in [3.05, 3.63) is 44.7 Å². The molecule has 0 atom stereocenters. The van der Waals surface area contributed by atoms with Crippen molar-refractivity contribution in [3.63, 3.8) is 0 Å². The summed E-state index contributed by atoms with van der Waals surface area (Å²) in [6.45, 7) is 23.1. The normalized spacial score (nSPS) is 15.0. The minimum absolute atomic E-state index is 0.239. The molecular weight excluding hydrogens is 715 g/mol. The van der Waals surface area contributed by atoms with Crippen molar-refractivity contribution < 1.29 is 38.1 Å². The number of halogens is 2. The first-order valence-electron chi connectivity index (χ1n) is 17.4. The highest BCUT2D eigenvalue weighted by atomic mass is 35.5. The minimum atomic E-state index is -0.520. The fourth-order valence-electron chi connectivity index (χ4n) is 5.31. The third kappa shape index (κ3) is 12.0. The second-order valence-electron chi connectivity index (χ2n) is 14.2. The maximum Gasteiger partial charge on any atom is 0.410 e. The lowest BCUT2D eigenvalue weighted by Crippen LogP contribution is -2.50. The van der Waals surface area contributed by atoms with Crippen molar-refractivity contribution in [1.29, 1.82) is 0 Å². The Balaban J connectivity index is 0.000000280. The molecule has 4 heterocycles. The van der Waals surface area contributed by atoms with Crippen LogP contribution in [0, 0.1) is 13.8 Å². The molecule has 14 nitrogen and oxygen atoms in total. The number of pyridine rings is 2. The molecule has 0 N–H and O–H groups in total. The van der Waals surface area contributed by atoms with Crippen LogP contribution in [0.25, 0.3) is 0 Å². The van der Waals surface area contributed by atoms with E-state index in [1.165, 1.54) is 6.07 Å². The van der Waals surface area contributed by atoms with Crippen LogP contribution in [-0.4, -0.2) is 121 Å². The highest BCUT2D eigenvalue weighted by molar-refractivity contribution is 6.30. The number of carbonyl (C=O) groups is 4. The third-order valence-electron chi connectivity index (χ3n) is 7.89. The van der Waals surface area contributed by atoms with E-state index >= 15 is 0 Å². The average molecular weight is 768 g/mol. The van der Waals surface area contributed by atoms with Gasteiger partial charge in [0.15, 0.2) is 0 Å². The Morgan fingerprint density at radius 2 is 1.08 bits per heavy atom. The van der Waals surface area contributed by atoms with Gasteiger partial charge >= 0.3 is 24.1 Å². The number of nitrogens with zero attached hydrogens (tertiary/aromatic N) is 6. The zero-order valence-corrected chi connectivity index (χ0v) is 33.4. The number of amides is 2. The van der Waals surface area contributed by atoms with Gasteiger partial charge in [0.25, 0.3) is 0 Å². The first-order chi connectivity index (χ1) is 24.2. The van der Waals surface area contributed by atoms with Crippen LogP contribution in [0.15, 0.2) is 12.1 Å². The van der Waals surface area contributed by atoms with Crippen LogP contribution in [-0.2, 0) is 18.9 Å². The topological polar surface area (TPSA) is 144 Å². The second-order valence-corrected chi connectivity index (χ2v) is 15.0. The molecule has 52 heavy (non-hydrogen) atoms. The first kappa shape index (κ1) is 42.4. The van der Waals surface area contributed by atoms with Gasteiger partial charge in [-0.3, -0.25) is 0 Å². The lowest BCUT2D eigenvalue weighted by Gasteiger charge is -2.36. The number of esters is 2. The fraction of sp³-hybridized carbons (Fsp3) is 0.611. The van der Waals surface area contributed by atoms with E-state index in [9.17, 15) is 19.2 Å². The smallest absolute Gasteiger partial charge is 0.410 e. The van der Waals surface area contributed by atoms with Gasteiger partial charge in [-0.25, -0.2) is 29.1 Å². The number of hydrogen-bond acceptors (Lipinski definition) is 12. The molecule has 0 aromatic carbocycles. The summed E-state index contributed by atoms with van der Waals surface area (Å²) in [4.78, 5) is 64.7. The van der Waals surface area contributed by atoms with Gasteiger partial charge in [-0.15, -0.1) is 0 Å². The zero-order chi connectivity index (χ0) is 39.0. The number of carbonyl (C=O) groups excluding carboxylic acids is 4. The summed E-state index contributed by atoms with van der Waals surface area (Å²) < 4.78 is 21.0. The van der Waals surface area contributed by atoms with E-state index in [1.807, 2.05) is 58.3 Å². The molecule has 288 valence electrons. The summed E-state index contributed by atoms with van der Waals surface area (Å²) in [7, 11) is 0. The molecule has 16 heteroatoms. The number of rotatable bonds is 6. The number of anilines is 2. The van der Waals surface area contributed by atoms with Crippen molar-refractivity contribution in [2.45, 2.75) is 80.4 Å². The monoisotopic (exact) mass is 766 g/mol. The molecule has 0 aliphatic carbocycles.